The third kappa shape index (κ3) is 4.82. The second kappa shape index (κ2) is 8.94. The van der Waals surface area contributed by atoms with Crippen molar-refractivity contribution in [3.05, 3.63) is 81.9 Å². The molecule has 28 heavy (non-hydrogen) atoms. The van der Waals surface area contributed by atoms with Crippen molar-refractivity contribution in [2.75, 3.05) is 13.1 Å². The Kier molecular flexibility index (Phi) is 6.16. The van der Waals surface area contributed by atoms with Gasteiger partial charge in [0.05, 0.1) is 4.92 Å². The number of nitro groups is 1. The highest BCUT2D eigenvalue weighted by Crippen LogP contribution is 2.23. The highest BCUT2D eigenvalue weighted by molar-refractivity contribution is 5.91. The van der Waals surface area contributed by atoms with E-state index in [-0.39, 0.29) is 11.6 Å². The molecule has 0 saturated carbocycles. The van der Waals surface area contributed by atoms with Gasteiger partial charge in [-0.2, -0.15) is 0 Å². The van der Waals surface area contributed by atoms with Crippen LogP contribution in [-0.4, -0.2) is 34.8 Å². The summed E-state index contributed by atoms with van der Waals surface area (Å²) >= 11 is 0. The average molecular weight is 380 g/mol. The number of carbonyl (C=O) groups excluding carboxylic acids is 2. The summed E-state index contributed by atoms with van der Waals surface area (Å²) in [5.41, 5.74) is 1.03. The number of non-ortho nitro benzene ring substituents is 1. The van der Waals surface area contributed by atoms with Crippen LogP contribution in [0.4, 0.5) is 5.69 Å². The van der Waals surface area contributed by atoms with Crippen LogP contribution in [0, 0.1) is 10.1 Å². The first-order valence-electron chi connectivity index (χ1n) is 9.01. The molecule has 0 spiro atoms. The van der Waals surface area contributed by atoms with Crippen molar-refractivity contribution in [3.8, 4) is 0 Å². The molecule has 1 atom stereocenters. The number of nitrogens with zero attached hydrogens (tertiary/aromatic N) is 2. The van der Waals surface area contributed by atoms with E-state index in [0.29, 0.717) is 24.2 Å². The first-order valence-corrected chi connectivity index (χ1v) is 9.01. The van der Waals surface area contributed by atoms with Crippen LogP contribution in [0.1, 0.15) is 30.1 Å². The summed E-state index contributed by atoms with van der Waals surface area (Å²) in [6.07, 6.45) is 3.47. The predicted molar refractivity (Wildman–Crippen MR) is 103 cm³/mol. The van der Waals surface area contributed by atoms with Gasteiger partial charge in [-0.05, 0) is 24.5 Å². The smallest absolute Gasteiger partial charge is 0.331 e. The fourth-order valence-corrected chi connectivity index (χ4v) is 3.05. The summed E-state index contributed by atoms with van der Waals surface area (Å²) in [6, 6.07) is 14.8. The van der Waals surface area contributed by atoms with Gasteiger partial charge in [0, 0.05) is 36.9 Å². The monoisotopic (exact) mass is 380 g/mol. The second-order valence-electron chi connectivity index (χ2n) is 6.45. The highest BCUT2D eigenvalue weighted by Gasteiger charge is 2.30. The quantitative estimate of drug-likeness (QED) is 0.331. The fraction of sp³-hybridized carbons (Fsp3) is 0.238. The molecule has 0 unspecified atom stereocenters. The number of ether oxygens (including phenoxy) is 1. The number of hydrogen-bond donors (Lipinski definition) is 0. The standard InChI is InChI=1S/C21H20N2O5/c24-19(12-11-16-7-6-10-18(15-16)23(26)27)28-20(17-8-2-1-3-9-17)21(25)22-13-4-5-14-22/h1-3,6-12,15,20H,4-5,13-14H2/b12-11+/t20-/m0/s1. The van der Waals surface area contributed by atoms with Gasteiger partial charge in [0.25, 0.3) is 11.6 Å². The summed E-state index contributed by atoms with van der Waals surface area (Å²) < 4.78 is 5.46. The third-order valence-corrected chi connectivity index (χ3v) is 4.47. The molecular weight excluding hydrogens is 360 g/mol. The topological polar surface area (TPSA) is 89.7 Å². The number of benzene rings is 2. The van der Waals surface area contributed by atoms with Gasteiger partial charge < -0.3 is 9.64 Å². The van der Waals surface area contributed by atoms with Gasteiger partial charge in [-0.25, -0.2) is 4.79 Å². The number of carbonyl (C=O) groups is 2. The lowest BCUT2D eigenvalue weighted by Crippen LogP contribution is -2.34. The number of likely N-dealkylation sites (tertiary alicyclic amines) is 1. The molecule has 0 aliphatic carbocycles. The van der Waals surface area contributed by atoms with Gasteiger partial charge in [-0.1, -0.05) is 42.5 Å². The predicted octanol–water partition coefficient (Wildman–Crippen LogP) is 3.51. The van der Waals surface area contributed by atoms with E-state index in [4.69, 9.17) is 4.74 Å². The van der Waals surface area contributed by atoms with Crippen molar-refractivity contribution in [2.45, 2.75) is 18.9 Å². The summed E-state index contributed by atoms with van der Waals surface area (Å²) in [5.74, 6) is -0.922. The van der Waals surface area contributed by atoms with Gasteiger partial charge in [0.1, 0.15) is 0 Å². The molecule has 0 aromatic heterocycles. The molecule has 0 N–H and O–H groups in total. The molecule has 7 heteroatoms. The average Bonchev–Trinajstić information content (AvgIpc) is 3.26. The van der Waals surface area contributed by atoms with Crippen LogP contribution in [0.5, 0.6) is 0 Å². The van der Waals surface area contributed by atoms with Crippen molar-refractivity contribution >= 4 is 23.6 Å². The van der Waals surface area contributed by atoms with Crippen LogP contribution in [0.15, 0.2) is 60.7 Å². The maximum Gasteiger partial charge on any atom is 0.331 e. The zero-order valence-corrected chi connectivity index (χ0v) is 15.2. The molecule has 1 saturated heterocycles. The van der Waals surface area contributed by atoms with E-state index in [1.807, 2.05) is 6.07 Å². The molecule has 2 aromatic rings. The largest absolute Gasteiger partial charge is 0.444 e. The highest BCUT2D eigenvalue weighted by atomic mass is 16.6. The Bertz CT molecular complexity index is 889. The molecule has 1 heterocycles. The second-order valence-corrected chi connectivity index (χ2v) is 6.45. The minimum Gasteiger partial charge on any atom is -0.444 e. The number of hydrogen-bond acceptors (Lipinski definition) is 5. The van der Waals surface area contributed by atoms with E-state index < -0.39 is 17.0 Å². The van der Waals surface area contributed by atoms with Crippen LogP contribution < -0.4 is 0 Å². The normalized spacial score (nSPS) is 14.8. The summed E-state index contributed by atoms with van der Waals surface area (Å²) in [6.45, 7) is 1.31. The van der Waals surface area contributed by atoms with E-state index in [2.05, 4.69) is 0 Å². The van der Waals surface area contributed by atoms with E-state index in [0.717, 1.165) is 12.8 Å². The summed E-state index contributed by atoms with van der Waals surface area (Å²) in [5, 5.41) is 10.8. The van der Waals surface area contributed by atoms with E-state index in [1.165, 1.54) is 30.4 Å². The molecule has 1 fully saturated rings. The Morgan fingerprint density at radius 2 is 1.79 bits per heavy atom. The van der Waals surface area contributed by atoms with Crippen LogP contribution in [0.3, 0.4) is 0 Å². The fourth-order valence-electron chi connectivity index (χ4n) is 3.05. The van der Waals surface area contributed by atoms with Gasteiger partial charge >= 0.3 is 5.97 Å². The number of esters is 1. The lowest BCUT2D eigenvalue weighted by atomic mass is 10.1. The molecule has 1 amide bonds. The third-order valence-electron chi connectivity index (χ3n) is 4.47. The van der Waals surface area contributed by atoms with Crippen LogP contribution in [0.25, 0.3) is 6.08 Å². The summed E-state index contributed by atoms with van der Waals surface area (Å²) in [4.78, 5) is 37.2. The maximum absolute atomic E-state index is 12.8. The van der Waals surface area contributed by atoms with Crippen LogP contribution in [-0.2, 0) is 14.3 Å². The Morgan fingerprint density at radius 1 is 1.07 bits per heavy atom. The molecule has 144 valence electrons. The lowest BCUT2D eigenvalue weighted by Gasteiger charge is -2.23. The Hall–Kier alpha value is -3.48. The Balaban J connectivity index is 1.74. The molecule has 3 rings (SSSR count). The zero-order valence-electron chi connectivity index (χ0n) is 15.2. The van der Waals surface area contributed by atoms with Crippen LogP contribution >= 0.6 is 0 Å². The SMILES string of the molecule is O=C(/C=C/c1cccc([N+](=O)[O-])c1)O[C@H](C(=O)N1CCCC1)c1ccccc1. The van der Waals surface area contributed by atoms with Gasteiger partial charge in [-0.15, -0.1) is 0 Å². The molecule has 0 bridgehead atoms. The van der Waals surface area contributed by atoms with Crippen molar-refractivity contribution in [1.82, 2.24) is 4.90 Å². The molecule has 2 aromatic carbocycles. The first kappa shape index (κ1) is 19.3. The van der Waals surface area contributed by atoms with Crippen molar-refractivity contribution in [1.29, 1.82) is 0 Å². The first-order chi connectivity index (χ1) is 13.5. The molecule has 7 nitrogen and oxygen atoms in total. The Labute approximate surface area is 162 Å². The molecular formula is C21H20N2O5. The zero-order chi connectivity index (χ0) is 19.9. The number of nitro benzene ring substituents is 1. The van der Waals surface area contributed by atoms with Crippen molar-refractivity contribution in [2.24, 2.45) is 0 Å². The van der Waals surface area contributed by atoms with Crippen molar-refractivity contribution in [3.63, 3.8) is 0 Å². The molecule has 0 radical (unpaired) electrons. The lowest BCUT2D eigenvalue weighted by molar-refractivity contribution is -0.384. The number of rotatable bonds is 6. The molecule has 1 aliphatic heterocycles. The van der Waals surface area contributed by atoms with E-state index in [1.54, 1.807) is 35.2 Å². The minimum absolute atomic E-state index is 0.0677. The summed E-state index contributed by atoms with van der Waals surface area (Å²) in [7, 11) is 0. The van der Waals surface area contributed by atoms with Crippen molar-refractivity contribution < 1.29 is 19.2 Å². The van der Waals surface area contributed by atoms with E-state index in [9.17, 15) is 19.7 Å². The van der Waals surface area contributed by atoms with Gasteiger partial charge in [-0.3, -0.25) is 14.9 Å². The Morgan fingerprint density at radius 3 is 2.46 bits per heavy atom. The molecule has 1 aliphatic rings. The van der Waals surface area contributed by atoms with Gasteiger partial charge in [0.2, 0.25) is 6.10 Å². The maximum atomic E-state index is 12.8. The van der Waals surface area contributed by atoms with Crippen LogP contribution in [0.2, 0.25) is 0 Å². The minimum atomic E-state index is -1.01. The van der Waals surface area contributed by atoms with Gasteiger partial charge in [0.15, 0.2) is 0 Å². The van der Waals surface area contributed by atoms with E-state index >= 15 is 0 Å². The number of amides is 1.